The van der Waals surface area contributed by atoms with Crippen molar-refractivity contribution in [3.05, 3.63) is 29.6 Å². The van der Waals surface area contributed by atoms with Crippen molar-refractivity contribution < 1.29 is 9.13 Å². The molecule has 2 unspecified atom stereocenters. The second kappa shape index (κ2) is 5.02. The van der Waals surface area contributed by atoms with Crippen LogP contribution in [0.25, 0.3) is 0 Å². The van der Waals surface area contributed by atoms with E-state index < -0.39 is 0 Å². The Morgan fingerprint density at radius 3 is 2.53 bits per heavy atom. The number of anilines is 1. The topological polar surface area (TPSA) is 38.5 Å². The molecule has 0 radical (unpaired) electrons. The quantitative estimate of drug-likeness (QED) is 0.855. The van der Waals surface area contributed by atoms with Crippen molar-refractivity contribution in [1.82, 2.24) is 0 Å². The maximum Gasteiger partial charge on any atom is 0.146 e. The molecule has 94 valence electrons. The second-order valence-electron chi connectivity index (χ2n) is 4.65. The highest BCUT2D eigenvalue weighted by Gasteiger charge is 2.24. The van der Waals surface area contributed by atoms with Gasteiger partial charge in [-0.05, 0) is 31.5 Å². The number of benzene rings is 1. The summed E-state index contributed by atoms with van der Waals surface area (Å²) in [6.45, 7) is 5.84. The number of hydrogen-bond donors (Lipinski definition) is 1. The van der Waals surface area contributed by atoms with Gasteiger partial charge in [-0.15, -0.1) is 0 Å². The van der Waals surface area contributed by atoms with Crippen LogP contribution in [-0.4, -0.2) is 25.3 Å². The maximum absolute atomic E-state index is 13.9. The lowest BCUT2D eigenvalue weighted by Crippen LogP contribution is -2.45. The second-order valence-corrected chi connectivity index (χ2v) is 4.65. The number of ether oxygens (including phenoxy) is 1. The lowest BCUT2D eigenvalue weighted by molar-refractivity contribution is -0.00539. The Hall–Kier alpha value is -1.13. The molecule has 2 atom stereocenters. The highest BCUT2D eigenvalue weighted by molar-refractivity contribution is 5.49. The van der Waals surface area contributed by atoms with Gasteiger partial charge in [-0.25, -0.2) is 4.39 Å². The first kappa shape index (κ1) is 12.3. The predicted molar refractivity (Wildman–Crippen MR) is 66.5 cm³/mol. The average molecular weight is 238 g/mol. The molecule has 2 rings (SSSR count). The van der Waals surface area contributed by atoms with Gasteiger partial charge in [0.25, 0.3) is 0 Å². The van der Waals surface area contributed by atoms with Crippen molar-refractivity contribution in [2.75, 3.05) is 18.0 Å². The van der Waals surface area contributed by atoms with E-state index in [1.165, 1.54) is 6.07 Å². The molecule has 0 aliphatic carbocycles. The zero-order valence-electron chi connectivity index (χ0n) is 10.3. The van der Waals surface area contributed by atoms with Crippen LogP contribution in [0.2, 0.25) is 0 Å². The van der Waals surface area contributed by atoms with E-state index in [2.05, 4.69) is 0 Å². The number of morpholine rings is 1. The maximum atomic E-state index is 13.9. The highest BCUT2D eigenvalue weighted by Crippen LogP contribution is 2.24. The van der Waals surface area contributed by atoms with Gasteiger partial charge < -0.3 is 15.4 Å². The molecule has 1 aromatic rings. The molecule has 1 heterocycles. The standard InChI is InChI=1S/C13H19FN2O/c1-9-7-16(8-10(2)17-9)13-4-3-11(6-15)5-12(13)14/h3-5,9-10H,6-8,15H2,1-2H3. The van der Waals surface area contributed by atoms with Gasteiger partial charge in [0, 0.05) is 19.6 Å². The fraction of sp³-hybridized carbons (Fsp3) is 0.538. The molecule has 0 spiro atoms. The number of nitrogens with zero attached hydrogens (tertiary/aromatic N) is 1. The summed E-state index contributed by atoms with van der Waals surface area (Å²) in [5, 5.41) is 0. The molecular weight excluding hydrogens is 219 g/mol. The first-order valence-electron chi connectivity index (χ1n) is 5.99. The van der Waals surface area contributed by atoms with Gasteiger partial charge in [0.05, 0.1) is 17.9 Å². The van der Waals surface area contributed by atoms with Crippen LogP contribution in [0.15, 0.2) is 18.2 Å². The summed E-state index contributed by atoms with van der Waals surface area (Å²) < 4.78 is 19.6. The third-order valence-corrected chi connectivity index (χ3v) is 3.01. The van der Waals surface area contributed by atoms with Crippen LogP contribution in [0.1, 0.15) is 19.4 Å². The van der Waals surface area contributed by atoms with Crippen LogP contribution in [0.5, 0.6) is 0 Å². The smallest absolute Gasteiger partial charge is 0.146 e. The van der Waals surface area contributed by atoms with Crippen LogP contribution in [0.3, 0.4) is 0 Å². The van der Waals surface area contributed by atoms with E-state index in [0.717, 1.165) is 18.7 Å². The van der Waals surface area contributed by atoms with Crippen LogP contribution in [0.4, 0.5) is 10.1 Å². The van der Waals surface area contributed by atoms with E-state index in [-0.39, 0.29) is 18.0 Å². The SMILES string of the molecule is CC1CN(c2ccc(CN)cc2F)CC(C)O1. The molecule has 1 aromatic carbocycles. The number of rotatable bonds is 2. The van der Waals surface area contributed by atoms with E-state index in [1.807, 2.05) is 30.9 Å². The van der Waals surface area contributed by atoms with Crippen LogP contribution in [-0.2, 0) is 11.3 Å². The van der Waals surface area contributed by atoms with Crippen molar-refractivity contribution in [1.29, 1.82) is 0 Å². The van der Waals surface area contributed by atoms with Gasteiger partial charge in [0.15, 0.2) is 0 Å². The zero-order valence-corrected chi connectivity index (χ0v) is 10.3. The summed E-state index contributed by atoms with van der Waals surface area (Å²) in [6, 6.07) is 5.20. The summed E-state index contributed by atoms with van der Waals surface area (Å²) in [6.07, 6.45) is 0.264. The molecule has 1 aliphatic rings. The molecule has 0 saturated carbocycles. The largest absolute Gasteiger partial charge is 0.372 e. The highest BCUT2D eigenvalue weighted by atomic mass is 19.1. The molecule has 2 N–H and O–H groups in total. The van der Waals surface area contributed by atoms with Crippen molar-refractivity contribution in [2.24, 2.45) is 5.73 Å². The summed E-state index contributed by atoms with van der Waals surface area (Å²) in [4.78, 5) is 2.04. The van der Waals surface area contributed by atoms with Crippen LogP contribution in [0, 0.1) is 5.82 Å². The molecule has 4 heteroatoms. The van der Waals surface area contributed by atoms with Crippen molar-refractivity contribution in [2.45, 2.75) is 32.6 Å². The van der Waals surface area contributed by atoms with Gasteiger partial charge in [-0.2, -0.15) is 0 Å². The molecule has 0 aromatic heterocycles. The third-order valence-electron chi connectivity index (χ3n) is 3.01. The molecule has 17 heavy (non-hydrogen) atoms. The van der Waals surface area contributed by atoms with E-state index in [1.54, 1.807) is 0 Å². The summed E-state index contributed by atoms with van der Waals surface area (Å²) in [7, 11) is 0. The first-order valence-corrected chi connectivity index (χ1v) is 5.99. The molecule has 1 saturated heterocycles. The van der Waals surface area contributed by atoms with E-state index in [9.17, 15) is 4.39 Å². The van der Waals surface area contributed by atoms with Crippen LogP contribution < -0.4 is 10.6 Å². The predicted octanol–water partition coefficient (Wildman–Crippen LogP) is 1.90. The van der Waals surface area contributed by atoms with Crippen molar-refractivity contribution >= 4 is 5.69 Å². The molecule has 0 amide bonds. The molecular formula is C13H19FN2O. The monoisotopic (exact) mass is 238 g/mol. The lowest BCUT2D eigenvalue weighted by Gasteiger charge is -2.37. The summed E-state index contributed by atoms with van der Waals surface area (Å²) >= 11 is 0. The van der Waals surface area contributed by atoms with Crippen molar-refractivity contribution in [3.8, 4) is 0 Å². The Balaban J connectivity index is 2.21. The summed E-state index contributed by atoms with van der Waals surface area (Å²) in [5.41, 5.74) is 6.95. The normalized spacial score (nSPS) is 25.1. The van der Waals surface area contributed by atoms with E-state index >= 15 is 0 Å². The Morgan fingerprint density at radius 2 is 2.00 bits per heavy atom. The zero-order chi connectivity index (χ0) is 12.4. The molecule has 1 fully saturated rings. The molecule has 3 nitrogen and oxygen atoms in total. The van der Waals surface area contributed by atoms with Crippen LogP contribution >= 0.6 is 0 Å². The van der Waals surface area contributed by atoms with Crippen molar-refractivity contribution in [3.63, 3.8) is 0 Å². The minimum absolute atomic E-state index is 0.132. The number of hydrogen-bond acceptors (Lipinski definition) is 3. The Labute approximate surface area is 101 Å². The third kappa shape index (κ3) is 2.76. The minimum atomic E-state index is -0.200. The van der Waals surface area contributed by atoms with Gasteiger partial charge in [-0.3, -0.25) is 0 Å². The summed E-state index contributed by atoms with van der Waals surface area (Å²) in [5.74, 6) is -0.200. The van der Waals surface area contributed by atoms with E-state index in [4.69, 9.17) is 10.5 Å². The fourth-order valence-corrected chi connectivity index (χ4v) is 2.31. The lowest BCUT2D eigenvalue weighted by atomic mass is 10.1. The first-order chi connectivity index (χ1) is 8.10. The Kier molecular flexibility index (Phi) is 3.64. The van der Waals surface area contributed by atoms with E-state index in [0.29, 0.717) is 12.2 Å². The molecule has 0 bridgehead atoms. The minimum Gasteiger partial charge on any atom is -0.372 e. The van der Waals surface area contributed by atoms with Gasteiger partial charge in [0.1, 0.15) is 5.82 Å². The van der Waals surface area contributed by atoms with Gasteiger partial charge in [0.2, 0.25) is 0 Å². The van der Waals surface area contributed by atoms with Gasteiger partial charge in [-0.1, -0.05) is 6.07 Å². The Morgan fingerprint density at radius 1 is 1.35 bits per heavy atom. The fourth-order valence-electron chi connectivity index (χ4n) is 2.31. The number of halogens is 1. The molecule has 1 aliphatic heterocycles. The van der Waals surface area contributed by atoms with Gasteiger partial charge >= 0.3 is 0 Å². The Bertz CT molecular complexity index is 387. The number of nitrogens with two attached hydrogens (primary N) is 1. The average Bonchev–Trinajstić information content (AvgIpc) is 2.27.